The highest BCUT2D eigenvalue weighted by atomic mass is 35.5. The highest BCUT2D eigenvalue weighted by Crippen LogP contribution is 2.30. The minimum absolute atomic E-state index is 0.0818. The van der Waals surface area contributed by atoms with E-state index >= 15 is 0 Å². The molecule has 0 aliphatic carbocycles. The topological polar surface area (TPSA) is 66.4 Å². The fourth-order valence-corrected chi connectivity index (χ4v) is 4.65. The third-order valence-electron chi connectivity index (χ3n) is 2.90. The zero-order valence-electron chi connectivity index (χ0n) is 11.0. The summed E-state index contributed by atoms with van der Waals surface area (Å²) >= 11 is 6.43. The van der Waals surface area contributed by atoms with Crippen molar-refractivity contribution in [2.75, 3.05) is 6.61 Å². The summed E-state index contributed by atoms with van der Waals surface area (Å²) < 4.78 is 63.8. The zero-order valence-corrected chi connectivity index (χ0v) is 13.4. The maximum atomic E-state index is 12.5. The Bertz CT molecular complexity index is 559. The molecule has 0 bridgehead atoms. The maximum absolute atomic E-state index is 12.5. The molecule has 0 aliphatic rings. The van der Waals surface area contributed by atoms with E-state index in [9.17, 15) is 26.7 Å². The fourth-order valence-electron chi connectivity index (χ4n) is 1.85. The highest BCUT2D eigenvalue weighted by molar-refractivity contribution is 7.91. The number of hydrogen-bond acceptors (Lipinski definition) is 4. The fraction of sp³-hybridized carbons (Fsp3) is 0.636. The quantitative estimate of drug-likeness (QED) is 0.780. The molecule has 0 aromatic carbocycles. The zero-order chi connectivity index (χ0) is 16.3. The highest BCUT2D eigenvalue weighted by Gasteiger charge is 2.36. The molecule has 1 aromatic heterocycles. The molecule has 2 unspecified atom stereocenters. The minimum atomic E-state index is -4.42. The summed E-state index contributed by atoms with van der Waals surface area (Å²) in [4.78, 5) is 0. The van der Waals surface area contributed by atoms with Crippen LogP contribution in [0.25, 0.3) is 0 Å². The second-order valence-corrected chi connectivity index (χ2v) is 8.11. The number of nitrogens with one attached hydrogen (secondary N) is 1. The molecule has 4 nitrogen and oxygen atoms in total. The lowest BCUT2D eigenvalue weighted by molar-refractivity contribution is -0.147. The SMILES string of the molecule is CCC(CC(F)(F)F)C(CO)NS(=O)(=O)c1ccc(Cl)s1. The Morgan fingerprint density at radius 2 is 2.05 bits per heavy atom. The summed E-state index contributed by atoms with van der Waals surface area (Å²) in [5.41, 5.74) is 0. The number of alkyl halides is 3. The van der Waals surface area contributed by atoms with Gasteiger partial charge in [0.05, 0.1) is 10.9 Å². The largest absolute Gasteiger partial charge is 0.395 e. The number of halogens is 4. The van der Waals surface area contributed by atoms with Crippen molar-refractivity contribution in [1.29, 1.82) is 0 Å². The van der Waals surface area contributed by atoms with Gasteiger partial charge >= 0.3 is 6.18 Å². The Morgan fingerprint density at radius 3 is 2.43 bits per heavy atom. The lowest BCUT2D eigenvalue weighted by atomic mass is 9.94. The third kappa shape index (κ3) is 5.74. The van der Waals surface area contributed by atoms with Crippen molar-refractivity contribution in [2.24, 2.45) is 5.92 Å². The molecular formula is C11H15ClF3NO3S2. The molecule has 1 heterocycles. The van der Waals surface area contributed by atoms with Gasteiger partial charge in [0.15, 0.2) is 0 Å². The molecule has 0 radical (unpaired) electrons. The van der Waals surface area contributed by atoms with Gasteiger partial charge in [-0.3, -0.25) is 0 Å². The van der Waals surface area contributed by atoms with Crippen LogP contribution in [0, 0.1) is 5.92 Å². The molecule has 0 saturated carbocycles. The van der Waals surface area contributed by atoms with Gasteiger partial charge < -0.3 is 5.11 Å². The van der Waals surface area contributed by atoms with Crippen molar-refractivity contribution in [3.8, 4) is 0 Å². The number of aliphatic hydroxyl groups is 1. The van der Waals surface area contributed by atoms with Crippen molar-refractivity contribution in [3.05, 3.63) is 16.5 Å². The van der Waals surface area contributed by atoms with E-state index in [2.05, 4.69) is 4.72 Å². The van der Waals surface area contributed by atoms with Gasteiger partial charge in [-0.15, -0.1) is 11.3 Å². The van der Waals surface area contributed by atoms with Crippen LogP contribution in [0.2, 0.25) is 4.34 Å². The summed E-state index contributed by atoms with van der Waals surface area (Å²) in [5.74, 6) is -1.04. The standard InChI is InChI=1S/C11H15ClF3NO3S2/c1-2-7(5-11(13,14)15)8(6-17)16-21(18,19)10-4-3-9(12)20-10/h3-4,7-8,16-17H,2,5-6H2,1H3. The van der Waals surface area contributed by atoms with E-state index in [-0.39, 0.29) is 15.0 Å². The summed E-state index contributed by atoms with van der Waals surface area (Å²) in [7, 11) is -4.00. The van der Waals surface area contributed by atoms with Crippen LogP contribution in [0.3, 0.4) is 0 Å². The van der Waals surface area contributed by atoms with Crippen molar-refractivity contribution in [3.63, 3.8) is 0 Å². The van der Waals surface area contributed by atoms with Crippen molar-refractivity contribution in [2.45, 2.75) is 36.2 Å². The smallest absolute Gasteiger partial charge is 0.389 e. The average Bonchev–Trinajstić information content (AvgIpc) is 2.79. The molecular weight excluding hydrogens is 351 g/mol. The first-order valence-corrected chi connectivity index (χ1v) is 8.72. The number of aliphatic hydroxyl groups excluding tert-OH is 1. The second kappa shape index (κ2) is 7.28. The van der Waals surface area contributed by atoms with Crippen molar-refractivity contribution in [1.82, 2.24) is 4.72 Å². The predicted molar refractivity (Wildman–Crippen MR) is 75.0 cm³/mol. The lowest BCUT2D eigenvalue weighted by Gasteiger charge is -2.26. The van der Waals surface area contributed by atoms with Gasteiger partial charge in [-0.25, -0.2) is 13.1 Å². The molecule has 2 N–H and O–H groups in total. The van der Waals surface area contributed by atoms with Gasteiger partial charge in [0.2, 0.25) is 10.0 Å². The van der Waals surface area contributed by atoms with Crippen LogP contribution in [0.4, 0.5) is 13.2 Å². The normalized spacial score (nSPS) is 15.9. The second-order valence-electron chi connectivity index (χ2n) is 4.46. The summed E-state index contributed by atoms with van der Waals surface area (Å²) in [6.07, 6.45) is -5.51. The molecule has 10 heteroatoms. The van der Waals surface area contributed by atoms with E-state index in [4.69, 9.17) is 11.6 Å². The molecule has 1 aromatic rings. The van der Waals surface area contributed by atoms with E-state index in [1.165, 1.54) is 19.1 Å². The van der Waals surface area contributed by atoms with Crippen LogP contribution < -0.4 is 4.72 Å². The Balaban J connectivity index is 2.90. The first-order valence-electron chi connectivity index (χ1n) is 6.04. The monoisotopic (exact) mass is 365 g/mol. The minimum Gasteiger partial charge on any atom is -0.395 e. The number of hydrogen-bond donors (Lipinski definition) is 2. The van der Waals surface area contributed by atoms with Crippen LogP contribution in [0.15, 0.2) is 16.3 Å². The predicted octanol–water partition coefficient (Wildman–Crippen LogP) is 3.02. The molecule has 0 aliphatic heterocycles. The van der Waals surface area contributed by atoms with Gasteiger partial charge in [-0.05, 0) is 18.1 Å². The van der Waals surface area contributed by atoms with E-state index in [0.29, 0.717) is 0 Å². The van der Waals surface area contributed by atoms with Gasteiger partial charge in [-0.1, -0.05) is 24.9 Å². The third-order valence-corrected chi connectivity index (χ3v) is 6.12. The van der Waals surface area contributed by atoms with Crippen LogP contribution >= 0.6 is 22.9 Å². The van der Waals surface area contributed by atoms with Gasteiger partial charge in [-0.2, -0.15) is 13.2 Å². The van der Waals surface area contributed by atoms with Crippen LogP contribution in [0.5, 0.6) is 0 Å². The van der Waals surface area contributed by atoms with Gasteiger partial charge in [0, 0.05) is 12.5 Å². The summed E-state index contributed by atoms with van der Waals surface area (Å²) in [5, 5.41) is 9.22. The van der Waals surface area contributed by atoms with Gasteiger partial charge in [0.1, 0.15) is 4.21 Å². The van der Waals surface area contributed by atoms with E-state index < -0.39 is 41.2 Å². The van der Waals surface area contributed by atoms with Crippen LogP contribution in [-0.4, -0.2) is 32.3 Å². The average molecular weight is 366 g/mol. The van der Waals surface area contributed by atoms with Crippen molar-refractivity contribution >= 4 is 33.0 Å². The molecule has 0 spiro atoms. The Kier molecular flexibility index (Phi) is 6.48. The molecule has 0 fully saturated rings. The van der Waals surface area contributed by atoms with Gasteiger partial charge in [0.25, 0.3) is 0 Å². The summed E-state index contributed by atoms with van der Waals surface area (Å²) in [6.45, 7) is 0.794. The lowest BCUT2D eigenvalue weighted by Crippen LogP contribution is -2.43. The Labute approximate surface area is 130 Å². The number of thiophene rings is 1. The molecule has 1 rings (SSSR count). The van der Waals surface area contributed by atoms with Crippen LogP contribution in [0.1, 0.15) is 19.8 Å². The Morgan fingerprint density at radius 1 is 1.43 bits per heavy atom. The van der Waals surface area contributed by atoms with Crippen molar-refractivity contribution < 1.29 is 26.7 Å². The Hall–Kier alpha value is -0.350. The molecule has 2 atom stereocenters. The molecule has 0 amide bonds. The maximum Gasteiger partial charge on any atom is 0.389 e. The molecule has 122 valence electrons. The van der Waals surface area contributed by atoms with E-state index in [1.54, 1.807) is 0 Å². The molecule has 21 heavy (non-hydrogen) atoms. The number of rotatable bonds is 7. The van der Waals surface area contributed by atoms with E-state index in [0.717, 1.165) is 11.3 Å². The summed E-state index contributed by atoms with van der Waals surface area (Å²) in [6, 6.07) is 1.43. The number of sulfonamides is 1. The molecule has 0 saturated heterocycles. The van der Waals surface area contributed by atoms with Crippen LogP contribution in [-0.2, 0) is 10.0 Å². The first kappa shape index (κ1) is 18.7. The van der Waals surface area contributed by atoms with E-state index in [1.807, 2.05) is 0 Å². The first-order chi connectivity index (χ1) is 9.59.